The highest BCUT2D eigenvalue weighted by molar-refractivity contribution is 8.13. The Morgan fingerprint density at radius 3 is 2.88 bits per heavy atom. The first-order valence-corrected chi connectivity index (χ1v) is 7.55. The van der Waals surface area contributed by atoms with Crippen molar-refractivity contribution in [3.8, 4) is 0 Å². The maximum absolute atomic E-state index is 4.78. The zero-order valence-corrected chi connectivity index (χ0v) is 11.6. The van der Waals surface area contributed by atoms with Crippen molar-refractivity contribution in [2.24, 2.45) is 10.4 Å². The molecule has 2 rings (SSSR count). The summed E-state index contributed by atoms with van der Waals surface area (Å²) in [5.41, 5.74) is 0.529. The first-order valence-electron chi connectivity index (χ1n) is 6.56. The molecule has 1 saturated carbocycles. The fourth-order valence-corrected chi connectivity index (χ4v) is 3.72. The molecule has 0 bridgehead atoms. The average molecular weight is 240 g/mol. The fraction of sp³-hybridized carbons (Fsp3) is 0.923. The molecular formula is C13H24N2S. The van der Waals surface area contributed by atoms with Crippen LogP contribution < -0.4 is 5.32 Å². The smallest absolute Gasteiger partial charge is 0.157 e. The van der Waals surface area contributed by atoms with E-state index in [0.29, 0.717) is 17.5 Å². The molecule has 0 spiro atoms. The summed E-state index contributed by atoms with van der Waals surface area (Å²) >= 11 is 1.91. The van der Waals surface area contributed by atoms with Crippen LogP contribution in [-0.4, -0.2) is 23.0 Å². The molecule has 0 aromatic heterocycles. The van der Waals surface area contributed by atoms with Crippen LogP contribution in [-0.2, 0) is 0 Å². The van der Waals surface area contributed by atoms with E-state index >= 15 is 0 Å². The lowest BCUT2D eigenvalue weighted by Crippen LogP contribution is -2.34. The van der Waals surface area contributed by atoms with Crippen molar-refractivity contribution in [1.82, 2.24) is 5.32 Å². The van der Waals surface area contributed by atoms with Crippen molar-refractivity contribution in [2.75, 3.05) is 5.75 Å². The van der Waals surface area contributed by atoms with Crippen LogP contribution in [0.3, 0.4) is 0 Å². The van der Waals surface area contributed by atoms with Crippen LogP contribution in [0, 0.1) is 5.41 Å². The molecule has 0 radical (unpaired) electrons. The molecular weight excluding hydrogens is 216 g/mol. The molecule has 1 fully saturated rings. The van der Waals surface area contributed by atoms with Crippen molar-refractivity contribution >= 4 is 16.9 Å². The first-order chi connectivity index (χ1) is 7.59. The van der Waals surface area contributed by atoms with Gasteiger partial charge in [0.2, 0.25) is 0 Å². The fourth-order valence-electron chi connectivity index (χ4n) is 2.67. The molecule has 0 aromatic carbocycles. The van der Waals surface area contributed by atoms with E-state index in [0.717, 1.165) is 0 Å². The summed E-state index contributed by atoms with van der Waals surface area (Å²) in [6.45, 7) is 6.99. The highest BCUT2D eigenvalue weighted by Gasteiger charge is 2.31. The van der Waals surface area contributed by atoms with Gasteiger partial charge in [0.05, 0.1) is 6.04 Å². The molecule has 2 unspecified atom stereocenters. The van der Waals surface area contributed by atoms with E-state index in [4.69, 9.17) is 4.99 Å². The van der Waals surface area contributed by atoms with Crippen LogP contribution in [0.25, 0.3) is 0 Å². The maximum Gasteiger partial charge on any atom is 0.157 e. The van der Waals surface area contributed by atoms with Gasteiger partial charge in [-0.15, -0.1) is 0 Å². The van der Waals surface area contributed by atoms with E-state index in [9.17, 15) is 0 Å². The molecule has 16 heavy (non-hydrogen) atoms. The second-order valence-corrected chi connectivity index (χ2v) is 6.97. The summed E-state index contributed by atoms with van der Waals surface area (Å²) in [6, 6.07) is 1.23. The van der Waals surface area contributed by atoms with Crippen LogP contribution in [0.5, 0.6) is 0 Å². The quantitative estimate of drug-likeness (QED) is 0.799. The highest BCUT2D eigenvalue weighted by Crippen LogP contribution is 2.37. The SMILES string of the molecule is CCC1CCSC(NC2CCC(C)(C)C2)=N1. The molecule has 0 saturated heterocycles. The van der Waals surface area contributed by atoms with Crippen LogP contribution in [0.4, 0.5) is 0 Å². The van der Waals surface area contributed by atoms with Crippen LogP contribution in [0.15, 0.2) is 4.99 Å². The summed E-state index contributed by atoms with van der Waals surface area (Å²) in [5.74, 6) is 1.24. The Morgan fingerprint density at radius 1 is 1.44 bits per heavy atom. The Labute approximate surface area is 104 Å². The van der Waals surface area contributed by atoms with Crippen LogP contribution in [0.1, 0.15) is 52.9 Å². The Balaban J connectivity index is 1.88. The molecule has 92 valence electrons. The maximum atomic E-state index is 4.78. The molecule has 2 aliphatic rings. The van der Waals surface area contributed by atoms with Crippen molar-refractivity contribution < 1.29 is 0 Å². The number of hydrogen-bond donors (Lipinski definition) is 1. The number of hydrogen-bond acceptors (Lipinski definition) is 3. The molecule has 1 heterocycles. The normalized spacial score (nSPS) is 33.6. The van der Waals surface area contributed by atoms with Gasteiger partial charge >= 0.3 is 0 Å². The van der Waals surface area contributed by atoms with Gasteiger partial charge in [-0.3, -0.25) is 4.99 Å². The second kappa shape index (κ2) is 4.99. The minimum absolute atomic E-state index is 0.529. The van der Waals surface area contributed by atoms with E-state index in [2.05, 4.69) is 26.1 Å². The van der Waals surface area contributed by atoms with Crippen molar-refractivity contribution in [2.45, 2.75) is 65.0 Å². The molecule has 1 aliphatic carbocycles. The number of nitrogens with zero attached hydrogens (tertiary/aromatic N) is 1. The third kappa shape index (κ3) is 3.16. The zero-order valence-electron chi connectivity index (χ0n) is 10.8. The molecule has 1 aliphatic heterocycles. The van der Waals surface area contributed by atoms with Gasteiger partial charge in [-0.2, -0.15) is 0 Å². The van der Waals surface area contributed by atoms with Crippen molar-refractivity contribution in [1.29, 1.82) is 0 Å². The standard InChI is InChI=1S/C13H24N2S/c1-4-10-6-8-16-12(14-10)15-11-5-7-13(2,3)9-11/h10-11H,4-9H2,1-3H3,(H,14,15). The number of nitrogens with one attached hydrogen (secondary N) is 1. The van der Waals surface area contributed by atoms with Gasteiger partial charge < -0.3 is 5.32 Å². The van der Waals surface area contributed by atoms with E-state index in [1.165, 1.54) is 43.0 Å². The second-order valence-electron chi connectivity index (χ2n) is 5.88. The largest absolute Gasteiger partial charge is 0.362 e. The van der Waals surface area contributed by atoms with E-state index in [1.807, 2.05) is 11.8 Å². The molecule has 3 heteroatoms. The Morgan fingerprint density at radius 2 is 2.25 bits per heavy atom. The molecule has 2 atom stereocenters. The van der Waals surface area contributed by atoms with Crippen LogP contribution in [0.2, 0.25) is 0 Å². The third-order valence-electron chi connectivity index (χ3n) is 3.76. The minimum atomic E-state index is 0.529. The summed E-state index contributed by atoms with van der Waals surface area (Å²) in [6.07, 6.45) is 6.39. The lowest BCUT2D eigenvalue weighted by molar-refractivity contribution is 0.372. The van der Waals surface area contributed by atoms with Gasteiger partial charge in [0, 0.05) is 11.8 Å². The summed E-state index contributed by atoms with van der Waals surface area (Å²) < 4.78 is 0. The Kier molecular flexibility index (Phi) is 3.83. The third-order valence-corrected chi connectivity index (χ3v) is 4.69. The molecule has 0 amide bonds. The minimum Gasteiger partial charge on any atom is -0.362 e. The van der Waals surface area contributed by atoms with E-state index < -0.39 is 0 Å². The van der Waals surface area contributed by atoms with Crippen LogP contribution >= 0.6 is 11.8 Å². The average Bonchev–Trinajstić information content (AvgIpc) is 2.58. The van der Waals surface area contributed by atoms with Gasteiger partial charge in [-0.25, -0.2) is 0 Å². The number of rotatable bonds is 2. The Bertz CT molecular complexity index is 273. The van der Waals surface area contributed by atoms with Crippen molar-refractivity contribution in [3.63, 3.8) is 0 Å². The molecule has 1 N–H and O–H groups in total. The molecule has 0 aromatic rings. The predicted molar refractivity (Wildman–Crippen MR) is 73.1 cm³/mol. The van der Waals surface area contributed by atoms with Gasteiger partial charge in [-0.1, -0.05) is 32.5 Å². The summed E-state index contributed by atoms with van der Waals surface area (Å²) in [5, 5.41) is 4.86. The van der Waals surface area contributed by atoms with Crippen molar-refractivity contribution in [3.05, 3.63) is 0 Å². The van der Waals surface area contributed by atoms with Gasteiger partial charge in [-0.05, 0) is 37.5 Å². The van der Waals surface area contributed by atoms with E-state index in [1.54, 1.807) is 0 Å². The molecule has 2 nitrogen and oxygen atoms in total. The monoisotopic (exact) mass is 240 g/mol. The van der Waals surface area contributed by atoms with Gasteiger partial charge in [0.25, 0.3) is 0 Å². The Hall–Kier alpha value is -0.180. The number of thioether (sulfide) groups is 1. The summed E-state index contributed by atoms with van der Waals surface area (Å²) in [4.78, 5) is 4.78. The zero-order chi connectivity index (χ0) is 11.6. The van der Waals surface area contributed by atoms with Gasteiger partial charge in [0.1, 0.15) is 0 Å². The van der Waals surface area contributed by atoms with Gasteiger partial charge in [0.15, 0.2) is 5.17 Å². The first kappa shape index (κ1) is 12.3. The highest BCUT2D eigenvalue weighted by atomic mass is 32.2. The van der Waals surface area contributed by atoms with E-state index in [-0.39, 0.29) is 0 Å². The summed E-state index contributed by atoms with van der Waals surface area (Å²) in [7, 11) is 0. The number of aliphatic imine (C=N–C) groups is 1. The number of amidine groups is 1. The predicted octanol–water partition coefficient (Wildman–Crippen LogP) is 3.43. The lowest BCUT2D eigenvalue weighted by Gasteiger charge is -2.23. The topological polar surface area (TPSA) is 24.4 Å². The lowest BCUT2D eigenvalue weighted by atomic mass is 9.92.